The van der Waals surface area contributed by atoms with Crippen LogP contribution in [0.4, 0.5) is 0 Å². The van der Waals surface area contributed by atoms with E-state index in [0.717, 1.165) is 11.7 Å². The van der Waals surface area contributed by atoms with Crippen LogP contribution in [0.1, 0.15) is 42.4 Å². The average molecular weight is 263 g/mol. The summed E-state index contributed by atoms with van der Waals surface area (Å²) >= 11 is 2.06. The van der Waals surface area contributed by atoms with Gasteiger partial charge in [-0.05, 0) is 50.3 Å². The molecule has 2 atom stereocenters. The fourth-order valence-corrected chi connectivity index (χ4v) is 4.02. The highest BCUT2D eigenvalue weighted by Crippen LogP contribution is 2.28. The predicted octanol–water partition coefficient (Wildman–Crippen LogP) is 4.05. The Morgan fingerprint density at radius 3 is 2.50 bits per heavy atom. The van der Waals surface area contributed by atoms with Gasteiger partial charge in [0.1, 0.15) is 0 Å². The first-order chi connectivity index (χ1) is 8.65. The second-order valence-corrected chi connectivity index (χ2v) is 6.80. The first-order valence-electron chi connectivity index (χ1n) is 7.05. The van der Waals surface area contributed by atoms with Crippen LogP contribution in [0.15, 0.2) is 18.2 Å². The van der Waals surface area contributed by atoms with Crippen molar-refractivity contribution in [3.63, 3.8) is 0 Å². The van der Waals surface area contributed by atoms with Gasteiger partial charge in [0.25, 0.3) is 0 Å². The molecule has 1 aliphatic carbocycles. The molecule has 1 aliphatic rings. The van der Waals surface area contributed by atoms with Crippen LogP contribution in [0.3, 0.4) is 0 Å². The molecule has 0 bridgehead atoms. The maximum atomic E-state index is 6.10. The largest absolute Gasteiger partial charge is 0.327 e. The lowest BCUT2D eigenvalue weighted by molar-refractivity contribution is 0.470. The van der Waals surface area contributed by atoms with Gasteiger partial charge in [-0.15, -0.1) is 0 Å². The molecule has 0 spiro atoms. The lowest BCUT2D eigenvalue weighted by Crippen LogP contribution is -2.24. The van der Waals surface area contributed by atoms with Crippen molar-refractivity contribution < 1.29 is 0 Å². The standard InChI is InChI=1S/C16H25NS/c1-12-8-13(2)10-14(9-12)11-18-7-6-15-4-3-5-16(15)17/h8-10,15-16H,3-7,11,17H2,1-2H3. The van der Waals surface area contributed by atoms with Crippen molar-refractivity contribution in [2.45, 2.75) is 51.3 Å². The van der Waals surface area contributed by atoms with Crippen LogP contribution in [-0.4, -0.2) is 11.8 Å². The molecule has 1 saturated carbocycles. The summed E-state index contributed by atoms with van der Waals surface area (Å²) in [5.74, 6) is 3.19. The fraction of sp³-hybridized carbons (Fsp3) is 0.625. The van der Waals surface area contributed by atoms with Gasteiger partial charge in [-0.3, -0.25) is 0 Å². The lowest BCUT2D eigenvalue weighted by Gasteiger charge is -2.14. The van der Waals surface area contributed by atoms with Crippen LogP contribution in [-0.2, 0) is 5.75 Å². The molecule has 2 rings (SSSR count). The Labute approximate surface area is 116 Å². The molecular formula is C16H25NS. The second-order valence-electron chi connectivity index (χ2n) is 5.69. The lowest BCUT2D eigenvalue weighted by atomic mass is 10.0. The van der Waals surface area contributed by atoms with Crippen LogP contribution < -0.4 is 5.73 Å². The van der Waals surface area contributed by atoms with Crippen LogP contribution >= 0.6 is 11.8 Å². The first-order valence-corrected chi connectivity index (χ1v) is 8.21. The van der Waals surface area contributed by atoms with Crippen molar-refractivity contribution in [1.82, 2.24) is 0 Å². The summed E-state index contributed by atoms with van der Waals surface area (Å²) in [5.41, 5.74) is 10.3. The molecule has 0 aliphatic heterocycles. The smallest absolute Gasteiger partial charge is 0.0184 e. The van der Waals surface area contributed by atoms with Crippen molar-refractivity contribution in [3.05, 3.63) is 34.9 Å². The number of nitrogens with two attached hydrogens (primary N) is 1. The summed E-state index contributed by atoms with van der Waals surface area (Å²) in [4.78, 5) is 0. The van der Waals surface area contributed by atoms with Crippen LogP contribution in [0.2, 0.25) is 0 Å². The quantitative estimate of drug-likeness (QED) is 0.811. The Morgan fingerprint density at radius 2 is 1.89 bits per heavy atom. The number of hydrogen-bond donors (Lipinski definition) is 1. The zero-order valence-corrected chi connectivity index (χ0v) is 12.4. The number of hydrogen-bond acceptors (Lipinski definition) is 2. The van der Waals surface area contributed by atoms with E-state index in [1.165, 1.54) is 48.1 Å². The maximum absolute atomic E-state index is 6.10. The maximum Gasteiger partial charge on any atom is 0.0184 e. The summed E-state index contributed by atoms with van der Waals surface area (Å²) < 4.78 is 0. The van der Waals surface area contributed by atoms with E-state index in [0.29, 0.717) is 6.04 Å². The van der Waals surface area contributed by atoms with Crippen LogP contribution in [0.25, 0.3) is 0 Å². The third-order valence-electron chi connectivity index (χ3n) is 3.90. The normalized spacial score (nSPS) is 23.5. The number of thioether (sulfide) groups is 1. The van der Waals surface area contributed by atoms with Gasteiger partial charge in [-0.2, -0.15) is 11.8 Å². The topological polar surface area (TPSA) is 26.0 Å². The molecule has 0 heterocycles. The predicted molar refractivity (Wildman–Crippen MR) is 82.0 cm³/mol. The van der Waals surface area contributed by atoms with Crippen molar-refractivity contribution in [1.29, 1.82) is 0 Å². The molecule has 1 fully saturated rings. The van der Waals surface area contributed by atoms with Crippen molar-refractivity contribution in [2.75, 3.05) is 5.75 Å². The number of benzene rings is 1. The van der Waals surface area contributed by atoms with E-state index in [9.17, 15) is 0 Å². The molecule has 1 aromatic carbocycles. The molecule has 0 aromatic heterocycles. The van der Waals surface area contributed by atoms with Gasteiger partial charge in [-0.1, -0.05) is 35.7 Å². The average Bonchev–Trinajstić information content (AvgIpc) is 2.69. The third-order valence-corrected chi connectivity index (χ3v) is 4.96. The van der Waals surface area contributed by atoms with Gasteiger partial charge in [0, 0.05) is 11.8 Å². The molecule has 1 nitrogen and oxygen atoms in total. The number of aryl methyl sites for hydroxylation is 2. The van der Waals surface area contributed by atoms with Gasteiger partial charge in [0.2, 0.25) is 0 Å². The van der Waals surface area contributed by atoms with E-state index < -0.39 is 0 Å². The van der Waals surface area contributed by atoms with E-state index in [4.69, 9.17) is 5.73 Å². The van der Waals surface area contributed by atoms with Crippen molar-refractivity contribution in [2.24, 2.45) is 11.7 Å². The van der Waals surface area contributed by atoms with E-state index >= 15 is 0 Å². The van der Waals surface area contributed by atoms with Gasteiger partial charge in [-0.25, -0.2) is 0 Å². The summed E-state index contributed by atoms with van der Waals surface area (Å²) in [6, 6.07) is 7.33. The van der Waals surface area contributed by atoms with E-state index in [1.807, 2.05) is 0 Å². The zero-order valence-electron chi connectivity index (χ0n) is 11.6. The monoisotopic (exact) mass is 263 g/mol. The third kappa shape index (κ3) is 4.03. The summed E-state index contributed by atoms with van der Waals surface area (Å²) in [7, 11) is 0. The minimum absolute atomic E-state index is 0.479. The minimum Gasteiger partial charge on any atom is -0.327 e. The Morgan fingerprint density at radius 1 is 1.17 bits per heavy atom. The number of rotatable bonds is 5. The molecule has 18 heavy (non-hydrogen) atoms. The molecule has 2 heteroatoms. The van der Waals surface area contributed by atoms with Gasteiger partial charge in [0.05, 0.1) is 0 Å². The molecule has 100 valence electrons. The van der Waals surface area contributed by atoms with E-state index in [2.05, 4.69) is 43.8 Å². The molecule has 2 N–H and O–H groups in total. The minimum atomic E-state index is 0.479. The van der Waals surface area contributed by atoms with Crippen LogP contribution in [0, 0.1) is 19.8 Å². The van der Waals surface area contributed by atoms with E-state index in [-0.39, 0.29) is 0 Å². The highest BCUT2D eigenvalue weighted by molar-refractivity contribution is 7.98. The Bertz CT molecular complexity index is 368. The summed E-state index contributed by atoms with van der Waals surface area (Å²) in [6.07, 6.45) is 5.24. The second kappa shape index (κ2) is 6.63. The van der Waals surface area contributed by atoms with E-state index in [1.54, 1.807) is 0 Å². The Hall–Kier alpha value is -0.470. The van der Waals surface area contributed by atoms with Crippen molar-refractivity contribution in [3.8, 4) is 0 Å². The highest BCUT2D eigenvalue weighted by Gasteiger charge is 2.22. The molecule has 0 amide bonds. The molecular weight excluding hydrogens is 238 g/mol. The molecule has 2 unspecified atom stereocenters. The fourth-order valence-electron chi connectivity index (χ4n) is 3.00. The Balaban J connectivity index is 1.71. The Kier molecular flexibility index (Phi) is 5.13. The molecule has 0 radical (unpaired) electrons. The SMILES string of the molecule is Cc1cc(C)cc(CSCCC2CCCC2N)c1. The highest BCUT2D eigenvalue weighted by atomic mass is 32.2. The van der Waals surface area contributed by atoms with Crippen molar-refractivity contribution >= 4 is 11.8 Å². The molecule has 1 aromatic rings. The van der Waals surface area contributed by atoms with Crippen LogP contribution in [0.5, 0.6) is 0 Å². The first kappa shape index (κ1) is 14.0. The summed E-state index contributed by atoms with van der Waals surface area (Å²) in [6.45, 7) is 4.36. The van der Waals surface area contributed by atoms with Gasteiger partial charge in [0.15, 0.2) is 0 Å². The summed E-state index contributed by atoms with van der Waals surface area (Å²) in [5, 5.41) is 0. The molecule has 0 saturated heterocycles. The van der Waals surface area contributed by atoms with Gasteiger partial charge >= 0.3 is 0 Å². The zero-order chi connectivity index (χ0) is 13.0. The van der Waals surface area contributed by atoms with Gasteiger partial charge < -0.3 is 5.73 Å².